The first kappa shape index (κ1) is 13.2. The van der Waals surface area contributed by atoms with Gasteiger partial charge in [0.15, 0.2) is 0 Å². The van der Waals surface area contributed by atoms with Gasteiger partial charge in [0, 0.05) is 11.3 Å². The fourth-order valence-electron chi connectivity index (χ4n) is 2.30. The molecule has 4 N–H and O–H groups in total. The van der Waals surface area contributed by atoms with E-state index in [1.807, 2.05) is 0 Å². The number of hydrogen-bond donors (Lipinski definition) is 3. The molecule has 1 aliphatic rings. The highest BCUT2D eigenvalue weighted by Crippen LogP contribution is 2.23. The van der Waals surface area contributed by atoms with Crippen molar-refractivity contribution >= 4 is 22.9 Å². The van der Waals surface area contributed by atoms with Crippen LogP contribution in [0.5, 0.6) is 0 Å². The molecule has 1 aromatic rings. The van der Waals surface area contributed by atoms with E-state index in [2.05, 4.69) is 5.32 Å². The van der Waals surface area contributed by atoms with E-state index in [0.717, 1.165) is 25.7 Å². The standard InChI is InChI=1S/C13H17FN2OS/c14-10-7-8(5-6-9(10)13(15)18)16-11-3-1-2-4-12(11)17/h5-7,11-12,16-17H,1-4H2,(H2,15,18). The van der Waals surface area contributed by atoms with E-state index in [1.165, 1.54) is 6.07 Å². The van der Waals surface area contributed by atoms with E-state index in [1.54, 1.807) is 12.1 Å². The molecule has 0 heterocycles. The molecule has 0 aliphatic heterocycles. The van der Waals surface area contributed by atoms with Crippen molar-refractivity contribution in [3.63, 3.8) is 0 Å². The lowest BCUT2D eigenvalue weighted by molar-refractivity contribution is 0.116. The Labute approximate surface area is 111 Å². The van der Waals surface area contributed by atoms with Gasteiger partial charge in [-0.2, -0.15) is 0 Å². The lowest BCUT2D eigenvalue weighted by atomic mass is 9.92. The summed E-state index contributed by atoms with van der Waals surface area (Å²) in [7, 11) is 0. The van der Waals surface area contributed by atoms with E-state index >= 15 is 0 Å². The zero-order valence-electron chi connectivity index (χ0n) is 10.0. The van der Waals surface area contributed by atoms with Crippen LogP contribution in [0.15, 0.2) is 18.2 Å². The number of hydrogen-bond acceptors (Lipinski definition) is 3. The first-order valence-corrected chi connectivity index (χ1v) is 6.52. The topological polar surface area (TPSA) is 58.3 Å². The van der Waals surface area contributed by atoms with Crippen LogP contribution in [0.2, 0.25) is 0 Å². The van der Waals surface area contributed by atoms with Crippen LogP contribution < -0.4 is 11.1 Å². The minimum absolute atomic E-state index is 0.00571. The number of rotatable bonds is 3. The quantitative estimate of drug-likeness (QED) is 0.735. The third-order valence-electron chi connectivity index (χ3n) is 3.32. The zero-order chi connectivity index (χ0) is 13.1. The molecular formula is C13H17FN2OS. The minimum atomic E-state index is -0.433. The zero-order valence-corrected chi connectivity index (χ0v) is 10.8. The number of thiocarbonyl (C=S) groups is 1. The minimum Gasteiger partial charge on any atom is -0.391 e. The molecule has 0 amide bonds. The van der Waals surface area contributed by atoms with Gasteiger partial charge in [-0.05, 0) is 31.0 Å². The largest absolute Gasteiger partial charge is 0.391 e. The van der Waals surface area contributed by atoms with E-state index in [-0.39, 0.29) is 22.7 Å². The predicted molar refractivity (Wildman–Crippen MR) is 74.2 cm³/mol. The average molecular weight is 268 g/mol. The predicted octanol–water partition coefficient (Wildman–Crippen LogP) is 2.18. The molecule has 1 aromatic carbocycles. The molecule has 2 atom stereocenters. The molecule has 2 unspecified atom stereocenters. The molecule has 1 saturated carbocycles. The molecule has 2 rings (SSSR count). The van der Waals surface area contributed by atoms with Crippen molar-refractivity contribution in [2.45, 2.75) is 37.8 Å². The van der Waals surface area contributed by atoms with Crippen LogP contribution in [0.1, 0.15) is 31.2 Å². The Balaban J connectivity index is 2.10. The molecule has 1 fully saturated rings. The number of nitrogens with one attached hydrogen (secondary N) is 1. The lowest BCUT2D eigenvalue weighted by Gasteiger charge is -2.29. The van der Waals surface area contributed by atoms with Gasteiger partial charge in [0.1, 0.15) is 10.8 Å². The van der Waals surface area contributed by atoms with Crippen LogP contribution in [-0.4, -0.2) is 22.2 Å². The second-order valence-electron chi connectivity index (χ2n) is 4.66. The third-order valence-corrected chi connectivity index (χ3v) is 3.54. The first-order valence-electron chi connectivity index (χ1n) is 6.12. The van der Waals surface area contributed by atoms with Gasteiger partial charge >= 0.3 is 0 Å². The number of aliphatic hydroxyl groups excluding tert-OH is 1. The average Bonchev–Trinajstić information content (AvgIpc) is 2.32. The third kappa shape index (κ3) is 2.97. The van der Waals surface area contributed by atoms with Crippen LogP contribution >= 0.6 is 12.2 Å². The maximum atomic E-state index is 13.7. The Hall–Kier alpha value is -1.20. The highest BCUT2D eigenvalue weighted by atomic mass is 32.1. The van der Waals surface area contributed by atoms with Gasteiger partial charge in [-0.3, -0.25) is 0 Å². The molecule has 0 radical (unpaired) electrons. The number of halogens is 1. The van der Waals surface area contributed by atoms with Crippen molar-refractivity contribution in [2.24, 2.45) is 5.73 Å². The summed E-state index contributed by atoms with van der Waals surface area (Å²) in [6.07, 6.45) is 3.47. The second kappa shape index (κ2) is 5.63. The van der Waals surface area contributed by atoms with Crippen molar-refractivity contribution in [3.8, 4) is 0 Å². The molecule has 18 heavy (non-hydrogen) atoms. The molecule has 98 valence electrons. The van der Waals surface area contributed by atoms with Crippen LogP contribution in [0.3, 0.4) is 0 Å². The van der Waals surface area contributed by atoms with Crippen molar-refractivity contribution < 1.29 is 9.50 Å². The summed E-state index contributed by atoms with van der Waals surface area (Å²) in [6.45, 7) is 0. The number of anilines is 1. The summed E-state index contributed by atoms with van der Waals surface area (Å²) in [5.74, 6) is -0.433. The van der Waals surface area contributed by atoms with Crippen molar-refractivity contribution in [1.29, 1.82) is 0 Å². The Bertz CT molecular complexity index is 453. The number of nitrogens with two attached hydrogens (primary N) is 1. The van der Waals surface area contributed by atoms with Crippen molar-refractivity contribution in [3.05, 3.63) is 29.6 Å². The number of benzene rings is 1. The van der Waals surface area contributed by atoms with Gasteiger partial charge in [-0.1, -0.05) is 25.1 Å². The van der Waals surface area contributed by atoms with E-state index in [4.69, 9.17) is 18.0 Å². The highest BCUT2D eigenvalue weighted by molar-refractivity contribution is 7.80. The molecule has 5 heteroatoms. The van der Waals surface area contributed by atoms with Gasteiger partial charge in [-0.15, -0.1) is 0 Å². The molecule has 1 aliphatic carbocycles. The molecule has 0 bridgehead atoms. The Morgan fingerprint density at radius 1 is 1.39 bits per heavy atom. The Kier molecular flexibility index (Phi) is 4.14. The highest BCUT2D eigenvalue weighted by Gasteiger charge is 2.22. The summed E-state index contributed by atoms with van der Waals surface area (Å²) in [6, 6.07) is 4.66. The molecule has 3 nitrogen and oxygen atoms in total. The van der Waals surface area contributed by atoms with Crippen molar-refractivity contribution in [2.75, 3.05) is 5.32 Å². The lowest BCUT2D eigenvalue weighted by Crippen LogP contribution is -2.36. The molecule has 0 saturated heterocycles. The molecule has 0 aromatic heterocycles. The van der Waals surface area contributed by atoms with Gasteiger partial charge in [0.2, 0.25) is 0 Å². The van der Waals surface area contributed by atoms with Gasteiger partial charge in [-0.25, -0.2) is 4.39 Å². The summed E-state index contributed by atoms with van der Waals surface area (Å²) >= 11 is 4.75. The van der Waals surface area contributed by atoms with Crippen LogP contribution in [0, 0.1) is 5.82 Å². The normalized spacial score (nSPS) is 23.7. The van der Waals surface area contributed by atoms with Crippen LogP contribution in [0.4, 0.5) is 10.1 Å². The van der Waals surface area contributed by atoms with Crippen molar-refractivity contribution in [1.82, 2.24) is 0 Å². The molecule has 0 spiro atoms. The second-order valence-corrected chi connectivity index (χ2v) is 5.10. The first-order chi connectivity index (χ1) is 8.58. The summed E-state index contributed by atoms with van der Waals surface area (Å²) in [4.78, 5) is 0.0525. The smallest absolute Gasteiger partial charge is 0.135 e. The molecular weight excluding hydrogens is 251 g/mol. The summed E-state index contributed by atoms with van der Waals surface area (Å²) in [5.41, 5.74) is 6.30. The van der Waals surface area contributed by atoms with Crippen LogP contribution in [0.25, 0.3) is 0 Å². The van der Waals surface area contributed by atoms with Gasteiger partial charge < -0.3 is 16.2 Å². The maximum absolute atomic E-state index is 13.7. The maximum Gasteiger partial charge on any atom is 0.135 e. The van der Waals surface area contributed by atoms with Gasteiger partial charge in [0.05, 0.1) is 12.1 Å². The Morgan fingerprint density at radius 3 is 2.72 bits per heavy atom. The van der Waals surface area contributed by atoms with Gasteiger partial charge in [0.25, 0.3) is 0 Å². The summed E-state index contributed by atoms with van der Waals surface area (Å²) in [5, 5.41) is 13.0. The fourth-order valence-corrected chi connectivity index (χ4v) is 2.46. The van der Waals surface area contributed by atoms with E-state index < -0.39 is 5.82 Å². The van der Waals surface area contributed by atoms with E-state index in [9.17, 15) is 9.50 Å². The summed E-state index contributed by atoms with van der Waals surface area (Å²) < 4.78 is 13.7. The monoisotopic (exact) mass is 268 g/mol. The fraction of sp³-hybridized carbons (Fsp3) is 0.462. The SMILES string of the molecule is NC(=S)c1ccc(NC2CCCCC2O)cc1F. The van der Waals surface area contributed by atoms with E-state index in [0.29, 0.717) is 5.69 Å². The Morgan fingerprint density at radius 2 is 2.11 bits per heavy atom. The van der Waals surface area contributed by atoms with Crippen LogP contribution in [-0.2, 0) is 0 Å². The number of aliphatic hydroxyl groups is 1.